The van der Waals surface area contributed by atoms with Gasteiger partial charge in [0.25, 0.3) is 5.91 Å². The van der Waals surface area contributed by atoms with Gasteiger partial charge in [-0.3, -0.25) is 4.79 Å². The number of nitrogens with two attached hydrogens (primary N) is 1. The van der Waals surface area contributed by atoms with Crippen LogP contribution in [0.4, 0.5) is 0 Å². The summed E-state index contributed by atoms with van der Waals surface area (Å²) in [6.45, 7) is 5.01. The lowest BCUT2D eigenvalue weighted by Crippen LogP contribution is -2.30. The third kappa shape index (κ3) is 4.91. The summed E-state index contributed by atoms with van der Waals surface area (Å²) in [7, 11) is -3.62. The Hall–Kier alpha value is -2.18. The first kappa shape index (κ1) is 18.2. The second kappa shape index (κ2) is 7.59. The Morgan fingerprint density at radius 1 is 1.12 bits per heavy atom. The number of carbonyl (C=O) groups is 1. The number of benzene rings is 2. The third-order valence-corrected chi connectivity index (χ3v) is 4.57. The Kier molecular flexibility index (Phi) is 5.75. The summed E-state index contributed by atoms with van der Waals surface area (Å²) in [5.41, 5.74) is 3.20. The average molecular weight is 346 g/mol. The highest BCUT2D eigenvalue weighted by Crippen LogP contribution is 2.15. The molecule has 2 rings (SSSR count). The van der Waals surface area contributed by atoms with E-state index in [1.165, 1.54) is 0 Å². The van der Waals surface area contributed by atoms with Gasteiger partial charge in [-0.15, -0.1) is 0 Å². The fraction of sp³-hybridized carbons (Fsp3) is 0.278. The van der Waals surface area contributed by atoms with Crippen molar-refractivity contribution in [1.29, 1.82) is 0 Å². The quantitative estimate of drug-likeness (QED) is 0.872. The molecule has 0 aliphatic heterocycles. The van der Waals surface area contributed by atoms with Crippen LogP contribution in [0.1, 0.15) is 34.0 Å². The number of carbonyl (C=O) groups excluding carboxylic acids is 1. The van der Waals surface area contributed by atoms with Crippen LogP contribution in [0.2, 0.25) is 0 Å². The average Bonchev–Trinajstić information content (AvgIpc) is 2.52. The fourth-order valence-electron chi connectivity index (χ4n) is 2.53. The summed E-state index contributed by atoms with van der Waals surface area (Å²) in [6, 6.07) is 14.5. The highest BCUT2D eigenvalue weighted by atomic mass is 32.2. The van der Waals surface area contributed by atoms with Crippen molar-refractivity contribution in [2.75, 3.05) is 6.54 Å². The summed E-state index contributed by atoms with van der Waals surface area (Å²) in [6.07, 6.45) is 0. The summed E-state index contributed by atoms with van der Waals surface area (Å²) < 4.78 is 22.5. The molecule has 2 aromatic rings. The van der Waals surface area contributed by atoms with Crippen molar-refractivity contribution in [2.24, 2.45) is 5.14 Å². The van der Waals surface area contributed by atoms with E-state index in [0.29, 0.717) is 24.2 Å². The molecule has 0 saturated heterocycles. The van der Waals surface area contributed by atoms with Crippen LogP contribution in [0.5, 0.6) is 0 Å². The molecule has 24 heavy (non-hydrogen) atoms. The van der Waals surface area contributed by atoms with Gasteiger partial charge in [0.1, 0.15) is 0 Å². The first-order valence-electron chi connectivity index (χ1n) is 7.73. The van der Waals surface area contributed by atoms with Crippen molar-refractivity contribution in [3.05, 3.63) is 70.8 Å². The molecular weight excluding hydrogens is 324 g/mol. The van der Waals surface area contributed by atoms with Crippen LogP contribution in [-0.4, -0.2) is 25.8 Å². The molecule has 128 valence electrons. The summed E-state index contributed by atoms with van der Waals surface area (Å²) in [4.78, 5) is 14.5. The van der Waals surface area contributed by atoms with Crippen molar-refractivity contribution in [3.63, 3.8) is 0 Å². The van der Waals surface area contributed by atoms with Gasteiger partial charge in [0.2, 0.25) is 10.0 Å². The molecule has 2 N–H and O–H groups in total. The van der Waals surface area contributed by atoms with E-state index in [2.05, 4.69) is 0 Å². The minimum absolute atomic E-state index is 0.128. The van der Waals surface area contributed by atoms with Crippen LogP contribution in [0.15, 0.2) is 48.5 Å². The lowest BCUT2D eigenvalue weighted by atomic mass is 10.1. The van der Waals surface area contributed by atoms with Gasteiger partial charge in [-0.2, -0.15) is 0 Å². The third-order valence-electron chi connectivity index (χ3n) is 3.83. The van der Waals surface area contributed by atoms with Crippen LogP contribution in [0, 0.1) is 6.92 Å². The smallest absolute Gasteiger partial charge is 0.254 e. The molecule has 0 heterocycles. The van der Waals surface area contributed by atoms with Crippen LogP contribution in [0.25, 0.3) is 0 Å². The molecule has 5 nitrogen and oxygen atoms in total. The number of sulfonamides is 1. The first-order chi connectivity index (χ1) is 11.3. The zero-order chi connectivity index (χ0) is 17.7. The van der Waals surface area contributed by atoms with Gasteiger partial charge in [-0.1, -0.05) is 36.4 Å². The minimum Gasteiger partial charge on any atom is -0.335 e. The molecule has 2 aromatic carbocycles. The van der Waals surface area contributed by atoms with Gasteiger partial charge in [0.05, 0.1) is 5.75 Å². The number of aryl methyl sites for hydroxylation is 1. The van der Waals surface area contributed by atoms with Gasteiger partial charge in [0.15, 0.2) is 0 Å². The first-order valence-corrected chi connectivity index (χ1v) is 9.45. The predicted molar refractivity (Wildman–Crippen MR) is 94.8 cm³/mol. The highest BCUT2D eigenvalue weighted by Gasteiger charge is 2.16. The molecule has 0 aliphatic rings. The van der Waals surface area contributed by atoms with E-state index in [1.54, 1.807) is 29.2 Å². The molecule has 0 unspecified atom stereocenters. The topological polar surface area (TPSA) is 80.5 Å². The number of primary sulfonamides is 1. The molecule has 0 bridgehead atoms. The Labute approximate surface area is 143 Å². The van der Waals surface area contributed by atoms with E-state index in [1.807, 2.05) is 38.1 Å². The zero-order valence-electron chi connectivity index (χ0n) is 13.9. The van der Waals surface area contributed by atoms with Gasteiger partial charge >= 0.3 is 0 Å². The zero-order valence-corrected chi connectivity index (χ0v) is 14.7. The Morgan fingerprint density at radius 3 is 2.46 bits per heavy atom. The lowest BCUT2D eigenvalue weighted by Gasteiger charge is -2.22. The minimum atomic E-state index is -3.62. The second-order valence-electron chi connectivity index (χ2n) is 5.75. The number of hydrogen-bond donors (Lipinski definition) is 1. The van der Waals surface area contributed by atoms with E-state index >= 15 is 0 Å². The van der Waals surface area contributed by atoms with Crippen LogP contribution in [0.3, 0.4) is 0 Å². The van der Waals surface area contributed by atoms with Gasteiger partial charge in [0, 0.05) is 18.7 Å². The summed E-state index contributed by atoms with van der Waals surface area (Å²) in [5.74, 6) is -0.407. The molecular formula is C18H22N2O3S. The van der Waals surface area contributed by atoms with Crippen molar-refractivity contribution >= 4 is 15.9 Å². The molecule has 0 aromatic heterocycles. The van der Waals surface area contributed by atoms with Gasteiger partial charge < -0.3 is 4.90 Å². The molecule has 1 amide bonds. The molecule has 0 saturated carbocycles. The normalized spacial score (nSPS) is 11.3. The molecule has 0 aliphatic carbocycles. The second-order valence-corrected chi connectivity index (χ2v) is 7.37. The molecule has 0 atom stereocenters. The van der Waals surface area contributed by atoms with Crippen LogP contribution in [-0.2, 0) is 22.3 Å². The maximum atomic E-state index is 12.8. The van der Waals surface area contributed by atoms with E-state index in [4.69, 9.17) is 5.14 Å². The van der Waals surface area contributed by atoms with Crippen LogP contribution >= 0.6 is 0 Å². The number of hydrogen-bond acceptors (Lipinski definition) is 3. The molecule has 0 fully saturated rings. The van der Waals surface area contributed by atoms with Crippen molar-refractivity contribution < 1.29 is 13.2 Å². The number of amides is 1. The van der Waals surface area contributed by atoms with E-state index in [9.17, 15) is 13.2 Å². The fourth-order valence-corrected chi connectivity index (χ4v) is 3.17. The SMILES string of the molecule is CCN(Cc1ccccc1C)C(=O)c1cccc(CS(N)(=O)=O)c1. The summed E-state index contributed by atoms with van der Waals surface area (Å²) >= 11 is 0. The lowest BCUT2D eigenvalue weighted by molar-refractivity contribution is 0.0752. The Bertz CT molecular complexity index is 832. The molecule has 0 radical (unpaired) electrons. The summed E-state index contributed by atoms with van der Waals surface area (Å²) in [5, 5.41) is 5.08. The number of rotatable bonds is 6. The maximum Gasteiger partial charge on any atom is 0.254 e. The van der Waals surface area contributed by atoms with E-state index < -0.39 is 10.0 Å². The number of nitrogens with zero attached hydrogens (tertiary/aromatic N) is 1. The maximum absolute atomic E-state index is 12.8. The standard InChI is InChI=1S/C18H22N2O3S/c1-3-20(12-17-9-5-4-7-14(17)2)18(21)16-10-6-8-15(11-16)13-24(19,22)23/h4-11H,3,12-13H2,1-2H3,(H2,19,22,23). The molecule has 6 heteroatoms. The monoisotopic (exact) mass is 346 g/mol. The van der Waals surface area contributed by atoms with E-state index in [0.717, 1.165) is 11.1 Å². The largest absolute Gasteiger partial charge is 0.335 e. The van der Waals surface area contributed by atoms with Crippen molar-refractivity contribution in [2.45, 2.75) is 26.1 Å². The Morgan fingerprint density at radius 2 is 1.83 bits per heavy atom. The highest BCUT2D eigenvalue weighted by molar-refractivity contribution is 7.88. The van der Waals surface area contributed by atoms with Gasteiger partial charge in [-0.25, -0.2) is 13.6 Å². The van der Waals surface area contributed by atoms with Crippen molar-refractivity contribution in [1.82, 2.24) is 4.90 Å². The predicted octanol–water partition coefficient (Wildman–Crippen LogP) is 2.45. The van der Waals surface area contributed by atoms with Gasteiger partial charge in [-0.05, 0) is 42.7 Å². The van der Waals surface area contributed by atoms with Crippen molar-refractivity contribution in [3.8, 4) is 0 Å². The Balaban J connectivity index is 2.22. The molecule has 0 spiro atoms. The van der Waals surface area contributed by atoms with E-state index in [-0.39, 0.29) is 11.7 Å². The van der Waals surface area contributed by atoms with Crippen LogP contribution < -0.4 is 5.14 Å².